The van der Waals surface area contributed by atoms with Crippen molar-refractivity contribution in [2.24, 2.45) is 17.8 Å². The van der Waals surface area contributed by atoms with Crippen LogP contribution >= 0.6 is 0 Å². The van der Waals surface area contributed by atoms with Gasteiger partial charge >= 0.3 is 6.03 Å². The highest BCUT2D eigenvalue weighted by molar-refractivity contribution is 6.16. The van der Waals surface area contributed by atoms with Crippen LogP contribution in [0, 0.1) is 17.8 Å². The quantitative estimate of drug-likeness (QED) is 0.807. The van der Waals surface area contributed by atoms with E-state index in [2.05, 4.69) is 12.2 Å². The maximum Gasteiger partial charge on any atom is 0.331 e. The predicted octanol–water partition coefficient (Wildman–Crippen LogP) is 2.31. The molecule has 5 heteroatoms. The molecule has 1 aliphatic carbocycles. The topological polar surface area (TPSA) is 66.5 Å². The van der Waals surface area contributed by atoms with E-state index >= 15 is 0 Å². The zero-order chi connectivity index (χ0) is 14.9. The fourth-order valence-corrected chi connectivity index (χ4v) is 3.51. The largest absolute Gasteiger partial charge is 0.331 e. The number of carbonyl (C=O) groups excluding carboxylic acids is 3. The van der Waals surface area contributed by atoms with Gasteiger partial charge in [-0.2, -0.15) is 0 Å². The van der Waals surface area contributed by atoms with Crippen molar-refractivity contribution >= 4 is 17.8 Å². The van der Waals surface area contributed by atoms with Gasteiger partial charge in [0, 0.05) is 6.04 Å². The van der Waals surface area contributed by atoms with Crippen LogP contribution in [0.4, 0.5) is 4.79 Å². The van der Waals surface area contributed by atoms with Gasteiger partial charge in [-0.05, 0) is 24.7 Å². The van der Waals surface area contributed by atoms with E-state index in [1.807, 2.05) is 13.8 Å². The fourth-order valence-electron chi connectivity index (χ4n) is 3.51. The van der Waals surface area contributed by atoms with E-state index < -0.39 is 17.9 Å². The number of nitrogens with one attached hydrogen (secondary N) is 1. The van der Waals surface area contributed by atoms with E-state index in [-0.39, 0.29) is 17.9 Å². The lowest BCUT2D eigenvalue weighted by Crippen LogP contribution is -2.63. The highest BCUT2D eigenvalue weighted by Crippen LogP contribution is 2.33. The minimum absolute atomic E-state index is 0.0457. The van der Waals surface area contributed by atoms with Gasteiger partial charge in [0.2, 0.25) is 11.8 Å². The molecule has 2 rings (SSSR count). The molecular formula is C15H24N2O3. The van der Waals surface area contributed by atoms with Gasteiger partial charge in [0.25, 0.3) is 0 Å². The SMILES string of the molecule is CCC1CCCCC1N1C(=O)NC(=O)C(C(C)C)C1=O. The summed E-state index contributed by atoms with van der Waals surface area (Å²) in [5.41, 5.74) is 0. The molecule has 0 spiro atoms. The first-order chi connectivity index (χ1) is 9.47. The van der Waals surface area contributed by atoms with E-state index in [1.54, 1.807) is 0 Å². The van der Waals surface area contributed by atoms with Gasteiger partial charge in [-0.1, -0.05) is 40.0 Å². The van der Waals surface area contributed by atoms with Crippen LogP contribution in [0.3, 0.4) is 0 Å². The monoisotopic (exact) mass is 280 g/mol. The second kappa shape index (κ2) is 5.94. The fraction of sp³-hybridized carbons (Fsp3) is 0.800. The Labute approximate surface area is 120 Å². The third-order valence-electron chi connectivity index (χ3n) is 4.63. The molecule has 2 aliphatic rings. The van der Waals surface area contributed by atoms with Crippen molar-refractivity contribution in [1.29, 1.82) is 0 Å². The van der Waals surface area contributed by atoms with Crippen molar-refractivity contribution in [2.45, 2.75) is 58.9 Å². The molecule has 2 fully saturated rings. The number of hydrogen-bond donors (Lipinski definition) is 1. The Morgan fingerprint density at radius 1 is 1.20 bits per heavy atom. The second-order valence-electron chi connectivity index (χ2n) is 6.24. The number of carbonyl (C=O) groups is 3. The molecule has 3 unspecified atom stereocenters. The van der Waals surface area contributed by atoms with E-state index in [4.69, 9.17) is 0 Å². The van der Waals surface area contributed by atoms with Crippen LogP contribution in [0.15, 0.2) is 0 Å². The molecule has 0 bridgehead atoms. The van der Waals surface area contributed by atoms with Crippen LogP contribution in [0.5, 0.6) is 0 Å². The number of amides is 4. The molecular weight excluding hydrogens is 256 g/mol. The maximum atomic E-state index is 12.6. The lowest BCUT2D eigenvalue weighted by atomic mass is 9.80. The molecule has 112 valence electrons. The van der Waals surface area contributed by atoms with E-state index in [9.17, 15) is 14.4 Å². The third kappa shape index (κ3) is 2.58. The molecule has 0 radical (unpaired) electrons. The summed E-state index contributed by atoms with van der Waals surface area (Å²) in [7, 11) is 0. The average molecular weight is 280 g/mol. The summed E-state index contributed by atoms with van der Waals surface area (Å²) in [6.45, 7) is 5.78. The summed E-state index contributed by atoms with van der Waals surface area (Å²) in [5, 5.41) is 2.36. The Bertz CT molecular complexity index is 419. The highest BCUT2D eigenvalue weighted by atomic mass is 16.2. The first kappa shape index (κ1) is 15.0. The normalized spacial score (nSPS) is 31.7. The third-order valence-corrected chi connectivity index (χ3v) is 4.63. The minimum Gasteiger partial charge on any atom is -0.277 e. The summed E-state index contributed by atoms with van der Waals surface area (Å²) < 4.78 is 0. The molecule has 1 aliphatic heterocycles. The lowest BCUT2D eigenvalue weighted by molar-refractivity contribution is -0.147. The zero-order valence-corrected chi connectivity index (χ0v) is 12.5. The molecule has 3 atom stereocenters. The van der Waals surface area contributed by atoms with Crippen LogP contribution in [-0.2, 0) is 9.59 Å². The molecule has 0 aromatic rings. The van der Waals surface area contributed by atoms with Crippen LogP contribution in [0.25, 0.3) is 0 Å². The smallest absolute Gasteiger partial charge is 0.277 e. The standard InChI is InChI=1S/C15H24N2O3/c1-4-10-7-5-6-8-11(10)17-14(19)12(9(2)3)13(18)16-15(17)20/h9-12H,4-8H2,1-3H3,(H,16,18,20). The summed E-state index contributed by atoms with van der Waals surface area (Å²) in [5.74, 6) is -1.22. The summed E-state index contributed by atoms with van der Waals surface area (Å²) in [6, 6.07) is -0.571. The van der Waals surface area contributed by atoms with Crippen LogP contribution in [0.1, 0.15) is 52.9 Å². The number of rotatable bonds is 3. The molecule has 1 N–H and O–H groups in total. The Morgan fingerprint density at radius 3 is 2.45 bits per heavy atom. The summed E-state index contributed by atoms with van der Waals surface area (Å²) in [4.78, 5) is 37.9. The molecule has 5 nitrogen and oxygen atoms in total. The van der Waals surface area contributed by atoms with Crippen molar-refractivity contribution in [3.63, 3.8) is 0 Å². The van der Waals surface area contributed by atoms with Gasteiger partial charge in [0.05, 0.1) is 0 Å². The Kier molecular flexibility index (Phi) is 4.45. The van der Waals surface area contributed by atoms with Gasteiger partial charge < -0.3 is 0 Å². The molecule has 4 amide bonds. The molecule has 1 saturated carbocycles. The van der Waals surface area contributed by atoms with Crippen molar-refractivity contribution in [3.8, 4) is 0 Å². The predicted molar refractivity (Wildman–Crippen MR) is 74.7 cm³/mol. The van der Waals surface area contributed by atoms with Gasteiger partial charge in [-0.15, -0.1) is 0 Å². The highest BCUT2D eigenvalue weighted by Gasteiger charge is 2.46. The van der Waals surface area contributed by atoms with E-state index in [0.717, 1.165) is 32.1 Å². The summed E-state index contributed by atoms with van der Waals surface area (Å²) >= 11 is 0. The molecule has 1 saturated heterocycles. The average Bonchev–Trinajstić information content (AvgIpc) is 2.38. The van der Waals surface area contributed by atoms with Crippen molar-refractivity contribution in [3.05, 3.63) is 0 Å². The summed E-state index contributed by atoms with van der Waals surface area (Å²) in [6.07, 6.45) is 5.07. The van der Waals surface area contributed by atoms with Crippen LogP contribution in [0.2, 0.25) is 0 Å². The van der Waals surface area contributed by atoms with E-state index in [1.165, 1.54) is 4.90 Å². The number of imide groups is 2. The maximum absolute atomic E-state index is 12.6. The van der Waals surface area contributed by atoms with Crippen LogP contribution < -0.4 is 5.32 Å². The number of hydrogen-bond acceptors (Lipinski definition) is 3. The number of barbiturate groups is 1. The lowest BCUT2D eigenvalue weighted by Gasteiger charge is -2.42. The Balaban J connectivity index is 2.26. The second-order valence-corrected chi connectivity index (χ2v) is 6.24. The van der Waals surface area contributed by atoms with Gasteiger partial charge in [-0.3, -0.25) is 19.8 Å². The van der Waals surface area contributed by atoms with Crippen molar-refractivity contribution in [2.75, 3.05) is 0 Å². The first-order valence-corrected chi connectivity index (χ1v) is 7.65. The van der Waals surface area contributed by atoms with Crippen molar-refractivity contribution < 1.29 is 14.4 Å². The Hall–Kier alpha value is -1.39. The zero-order valence-electron chi connectivity index (χ0n) is 12.5. The first-order valence-electron chi connectivity index (χ1n) is 7.65. The van der Waals surface area contributed by atoms with Gasteiger partial charge in [0.1, 0.15) is 5.92 Å². The van der Waals surface area contributed by atoms with Crippen molar-refractivity contribution in [1.82, 2.24) is 10.2 Å². The molecule has 0 aromatic heterocycles. The molecule has 0 aromatic carbocycles. The molecule has 20 heavy (non-hydrogen) atoms. The number of nitrogens with zero attached hydrogens (tertiary/aromatic N) is 1. The number of urea groups is 1. The van der Waals surface area contributed by atoms with Crippen LogP contribution in [-0.4, -0.2) is 28.8 Å². The minimum atomic E-state index is -0.730. The van der Waals surface area contributed by atoms with Gasteiger partial charge in [-0.25, -0.2) is 4.79 Å². The Morgan fingerprint density at radius 2 is 1.85 bits per heavy atom. The van der Waals surface area contributed by atoms with Gasteiger partial charge in [0.15, 0.2) is 0 Å². The van der Waals surface area contributed by atoms with E-state index in [0.29, 0.717) is 5.92 Å². The molecule has 1 heterocycles.